The average Bonchev–Trinajstić information content (AvgIpc) is 3.48. The molecule has 4 heterocycles. The van der Waals surface area contributed by atoms with E-state index in [1.54, 1.807) is 7.11 Å². The topological polar surface area (TPSA) is 109 Å². The molecule has 164 valence electrons. The Balaban J connectivity index is 1.51. The van der Waals surface area contributed by atoms with Crippen molar-refractivity contribution < 1.29 is 4.74 Å². The standard InChI is InChI=1S/C23H26N8O/c1-14-28-18-6-4-15(10-20(18)30(14)2)5-7-19-21-22(24)26-13-27-23(21)31(29-19)17-11-16(25-12-17)8-9-32-3/h4,6,10,13,16-17,25H,8-9,11-12H2,1-3H3,(H2,24,26,27)/t16-,17?/m0/s1. The van der Waals surface area contributed by atoms with Crippen LogP contribution in [0.1, 0.15) is 36.0 Å². The maximum absolute atomic E-state index is 6.21. The van der Waals surface area contributed by atoms with Crippen LogP contribution in [0.5, 0.6) is 0 Å². The monoisotopic (exact) mass is 430 g/mol. The fraction of sp³-hybridized carbons (Fsp3) is 0.391. The Labute approximate surface area is 186 Å². The SMILES string of the molecule is COCC[C@H]1CC(n2nc(C#Cc3ccc4nc(C)n(C)c4c3)c3c(N)ncnc32)CN1. The molecule has 3 N–H and O–H groups in total. The summed E-state index contributed by atoms with van der Waals surface area (Å²) in [5.74, 6) is 7.81. The Morgan fingerprint density at radius 3 is 3.00 bits per heavy atom. The maximum Gasteiger partial charge on any atom is 0.164 e. The van der Waals surface area contributed by atoms with Crippen LogP contribution in [0.3, 0.4) is 0 Å². The van der Waals surface area contributed by atoms with E-state index in [1.165, 1.54) is 6.33 Å². The van der Waals surface area contributed by atoms with Crippen molar-refractivity contribution >= 4 is 27.9 Å². The zero-order valence-electron chi connectivity index (χ0n) is 18.5. The zero-order chi connectivity index (χ0) is 22.2. The fourth-order valence-corrected chi connectivity index (χ4v) is 4.32. The van der Waals surface area contributed by atoms with Gasteiger partial charge in [-0.3, -0.25) is 0 Å². The van der Waals surface area contributed by atoms with Gasteiger partial charge in [0.15, 0.2) is 5.65 Å². The molecule has 0 aliphatic carbocycles. The van der Waals surface area contributed by atoms with Crippen LogP contribution in [0.25, 0.3) is 22.1 Å². The number of fused-ring (bicyclic) bond motifs is 2. The van der Waals surface area contributed by atoms with Crippen LogP contribution in [0.2, 0.25) is 0 Å². The van der Waals surface area contributed by atoms with Crippen molar-refractivity contribution in [1.82, 2.24) is 34.6 Å². The van der Waals surface area contributed by atoms with Gasteiger partial charge in [-0.05, 0) is 43.9 Å². The summed E-state index contributed by atoms with van der Waals surface area (Å²) in [6.45, 7) is 3.54. The van der Waals surface area contributed by atoms with Crippen molar-refractivity contribution in [3.05, 3.63) is 41.6 Å². The number of benzene rings is 1. The van der Waals surface area contributed by atoms with E-state index in [1.807, 2.05) is 36.9 Å². The molecule has 0 bridgehead atoms. The molecule has 1 unspecified atom stereocenters. The van der Waals surface area contributed by atoms with E-state index in [9.17, 15) is 0 Å². The lowest BCUT2D eigenvalue weighted by molar-refractivity contribution is 0.185. The van der Waals surface area contributed by atoms with E-state index in [4.69, 9.17) is 15.6 Å². The van der Waals surface area contributed by atoms with Gasteiger partial charge in [-0.1, -0.05) is 5.92 Å². The molecule has 0 saturated carbocycles. The first-order chi connectivity index (χ1) is 15.5. The van der Waals surface area contributed by atoms with Gasteiger partial charge in [0.05, 0.1) is 22.5 Å². The Morgan fingerprint density at radius 1 is 1.28 bits per heavy atom. The lowest BCUT2D eigenvalue weighted by atomic mass is 10.1. The van der Waals surface area contributed by atoms with Crippen molar-refractivity contribution in [1.29, 1.82) is 0 Å². The van der Waals surface area contributed by atoms with E-state index in [-0.39, 0.29) is 6.04 Å². The molecule has 9 nitrogen and oxygen atoms in total. The largest absolute Gasteiger partial charge is 0.385 e. The number of nitrogens with one attached hydrogen (secondary N) is 1. The predicted molar refractivity (Wildman–Crippen MR) is 123 cm³/mol. The van der Waals surface area contributed by atoms with Gasteiger partial charge in [0.25, 0.3) is 0 Å². The van der Waals surface area contributed by atoms with Crippen molar-refractivity contribution in [2.75, 3.05) is 26.0 Å². The van der Waals surface area contributed by atoms with Crippen LogP contribution in [-0.2, 0) is 11.8 Å². The number of ether oxygens (including phenoxy) is 1. The molecular weight excluding hydrogens is 404 g/mol. The number of imidazole rings is 1. The third-order valence-electron chi connectivity index (χ3n) is 6.16. The molecule has 0 amide bonds. The van der Waals surface area contributed by atoms with E-state index < -0.39 is 0 Å². The Kier molecular flexibility index (Phi) is 5.25. The summed E-state index contributed by atoms with van der Waals surface area (Å²) < 4.78 is 9.23. The second-order valence-corrected chi connectivity index (χ2v) is 8.20. The normalized spacial score (nSPS) is 18.3. The van der Waals surface area contributed by atoms with E-state index in [0.29, 0.717) is 22.9 Å². The minimum Gasteiger partial charge on any atom is -0.385 e. The summed E-state index contributed by atoms with van der Waals surface area (Å²) >= 11 is 0. The number of nitrogens with two attached hydrogens (primary N) is 1. The lowest BCUT2D eigenvalue weighted by Gasteiger charge is -2.11. The van der Waals surface area contributed by atoms with Crippen molar-refractivity contribution in [3.63, 3.8) is 0 Å². The highest BCUT2D eigenvalue weighted by Gasteiger charge is 2.28. The van der Waals surface area contributed by atoms with E-state index in [2.05, 4.69) is 36.7 Å². The van der Waals surface area contributed by atoms with E-state index in [0.717, 1.165) is 54.1 Å². The molecule has 1 aliphatic heterocycles. The molecular formula is C23H26N8O. The van der Waals surface area contributed by atoms with Crippen molar-refractivity contribution in [2.24, 2.45) is 7.05 Å². The van der Waals surface area contributed by atoms with Gasteiger partial charge in [0.1, 0.15) is 23.7 Å². The number of hydrogen-bond donors (Lipinski definition) is 2. The Bertz CT molecular complexity index is 1360. The first-order valence-electron chi connectivity index (χ1n) is 10.7. The highest BCUT2D eigenvalue weighted by molar-refractivity contribution is 5.90. The molecule has 1 aromatic carbocycles. The molecule has 32 heavy (non-hydrogen) atoms. The minimum absolute atomic E-state index is 0.179. The summed E-state index contributed by atoms with van der Waals surface area (Å²) in [6.07, 6.45) is 3.40. The van der Waals surface area contributed by atoms with Crippen LogP contribution in [0.15, 0.2) is 24.5 Å². The van der Waals surface area contributed by atoms with Gasteiger partial charge >= 0.3 is 0 Å². The summed E-state index contributed by atoms with van der Waals surface area (Å²) in [6, 6.07) is 6.58. The summed E-state index contributed by atoms with van der Waals surface area (Å²) in [4.78, 5) is 13.2. The predicted octanol–water partition coefficient (Wildman–Crippen LogP) is 1.94. The smallest absolute Gasteiger partial charge is 0.164 e. The number of aryl methyl sites for hydroxylation is 2. The highest BCUT2D eigenvalue weighted by atomic mass is 16.5. The number of anilines is 1. The molecule has 3 aromatic heterocycles. The third-order valence-corrected chi connectivity index (χ3v) is 6.16. The molecule has 1 aliphatic rings. The third kappa shape index (κ3) is 3.57. The van der Waals surface area contributed by atoms with Crippen molar-refractivity contribution in [2.45, 2.75) is 31.8 Å². The molecule has 4 aromatic rings. The quantitative estimate of drug-likeness (QED) is 0.476. The van der Waals surface area contributed by atoms with Crippen LogP contribution >= 0.6 is 0 Å². The zero-order valence-corrected chi connectivity index (χ0v) is 18.5. The number of nitrogen functional groups attached to an aromatic ring is 1. The molecule has 5 rings (SSSR count). The number of hydrogen-bond acceptors (Lipinski definition) is 7. The second kappa shape index (κ2) is 8.22. The van der Waals surface area contributed by atoms with Crippen LogP contribution in [0, 0.1) is 18.8 Å². The Hall–Kier alpha value is -3.48. The first kappa shape index (κ1) is 20.4. The lowest BCUT2D eigenvalue weighted by Crippen LogP contribution is -2.22. The summed E-state index contributed by atoms with van der Waals surface area (Å²) in [5, 5.41) is 9.07. The fourth-order valence-electron chi connectivity index (χ4n) is 4.32. The van der Waals surface area contributed by atoms with E-state index >= 15 is 0 Å². The summed E-state index contributed by atoms with van der Waals surface area (Å²) in [7, 11) is 3.73. The Morgan fingerprint density at radius 2 is 2.16 bits per heavy atom. The molecule has 9 heteroatoms. The van der Waals surface area contributed by atoms with Gasteiger partial charge < -0.3 is 20.4 Å². The second-order valence-electron chi connectivity index (χ2n) is 8.20. The first-order valence-corrected chi connectivity index (χ1v) is 10.7. The number of methoxy groups -OCH3 is 1. The molecule has 1 saturated heterocycles. The molecule has 0 radical (unpaired) electrons. The minimum atomic E-state index is 0.179. The maximum atomic E-state index is 6.21. The van der Waals surface area contributed by atoms with Crippen LogP contribution in [0.4, 0.5) is 5.82 Å². The number of rotatable bonds is 4. The molecule has 2 atom stereocenters. The van der Waals surface area contributed by atoms with Gasteiger partial charge in [-0.15, -0.1) is 0 Å². The van der Waals surface area contributed by atoms with Gasteiger partial charge in [0.2, 0.25) is 0 Å². The summed E-state index contributed by atoms with van der Waals surface area (Å²) in [5.41, 5.74) is 10.4. The van der Waals surface area contributed by atoms with Gasteiger partial charge in [0, 0.05) is 38.9 Å². The van der Waals surface area contributed by atoms with Gasteiger partial charge in [-0.25, -0.2) is 19.6 Å². The number of nitrogens with zero attached hydrogens (tertiary/aromatic N) is 6. The number of aromatic nitrogens is 6. The average molecular weight is 431 g/mol. The molecule has 1 fully saturated rings. The van der Waals surface area contributed by atoms with Crippen LogP contribution in [-0.4, -0.2) is 55.6 Å². The highest BCUT2D eigenvalue weighted by Crippen LogP contribution is 2.28. The van der Waals surface area contributed by atoms with Crippen molar-refractivity contribution in [3.8, 4) is 11.8 Å². The van der Waals surface area contributed by atoms with Crippen LogP contribution < -0.4 is 11.1 Å². The van der Waals surface area contributed by atoms with Gasteiger partial charge in [-0.2, -0.15) is 5.10 Å². The molecule has 0 spiro atoms.